The minimum absolute atomic E-state index is 0.152. The van der Waals surface area contributed by atoms with Crippen molar-refractivity contribution in [2.45, 2.75) is 26.2 Å². The lowest BCUT2D eigenvalue weighted by Crippen LogP contribution is -2.46. The van der Waals surface area contributed by atoms with Gasteiger partial charge in [-0.3, -0.25) is 4.79 Å². The zero-order valence-corrected chi connectivity index (χ0v) is 10.3. The Labute approximate surface area is 102 Å². The first kappa shape index (κ1) is 12.1. The summed E-state index contributed by atoms with van der Waals surface area (Å²) in [6.07, 6.45) is 2.46. The molecule has 0 radical (unpaired) electrons. The molecule has 0 aliphatic carbocycles. The van der Waals surface area contributed by atoms with Crippen LogP contribution in [0.4, 0.5) is 0 Å². The van der Waals surface area contributed by atoms with Crippen molar-refractivity contribution in [2.75, 3.05) is 13.1 Å². The van der Waals surface area contributed by atoms with Gasteiger partial charge in [-0.2, -0.15) is 0 Å². The number of aryl methyl sites for hydroxylation is 1. The summed E-state index contributed by atoms with van der Waals surface area (Å²) in [6.45, 7) is 3.84. The molecule has 1 amide bonds. The fourth-order valence-electron chi connectivity index (χ4n) is 2.63. The first-order chi connectivity index (χ1) is 8.12. The summed E-state index contributed by atoms with van der Waals surface area (Å²) in [5, 5.41) is 3.28. The second-order valence-electron chi connectivity index (χ2n) is 5.06. The van der Waals surface area contributed by atoms with Crippen molar-refractivity contribution < 1.29 is 4.79 Å². The molecule has 0 aromatic heterocycles. The molecule has 0 bridgehead atoms. The largest absolute Gasteiger partial charge is 0.369 e. The van der Waals surface area contributed by atoms with Gasteiger partial charge >= 0.3 is 0 Å². The molecule has 1 aromatic rings. The van der Waals surface area contributed by atoms with Gasteiger partial charge in [0.2, 0.25) is 5.91 Å². The van der Waals surface area contributed by atoms with E-state index in [-0.39, 0.29) is 11.3 Å². The summed E-state index contributed by atoms with van der Waals surface area (Å²) >= 11 is 0. The second kappa shape index (κ2) is 4.88. The monoisotopic (exact) mass is 232 g/mol. The Bertz CT molecular complexity index is 408. The van der Waals surface area contributed by atoms with Crippen LogP contribution in [0.15, 0.2) is 24.3 Å². The molecule has 1 aromatic carbocycles. The summed E-state index contributed by atoms with van der Waals surface area (Å²) in [4.78, 5) is 11.8. The van der Waals surface area contributed by atoms with Crippen molar-refractivity contribution in [3.8, 4) is 0 Å². The summed E-state index contributed by atoms with van der Waals surface area (Å²) in [5.41, 5.74) is 7.72. The van der Waals surface area contributed by atoms with Gasteiger partial charge in [0.05, 0.1) is 5.41 Å². The van der Waals surface area contributed by atoms with Crippen LogP contribution in [0.25, 0.3) is 0 Å². The number of hydrogen-bond donors (Lipinski definition) is 2. The van der Waals surface area contributed by atoms with Gasteiger partial charge in [0.1, 0.15) is 0 Å². The van der Waals surface area contributed by atoms with E-state index in [0.717, 1.165) is 32.4 Å². The molecule has 3 N–H and O–H groups in total. The van der Waals surface area contributed by atoms with E-state index in [0.29, 0.717) is 0 Å². The number of piperidine rings is 1. The van der Waals surface area contributed by atoms with E-state index in [1.165, 1.54) is 11.1 Å². The molecule has 0 atom stereocenters. The number of carbonyl (C=O) groups is 1. The van der Waals surface area contributed by atoms with Crippen molar-refractivity contribution in [3.05, 3.63) is 35.4 Å². The molecular formula is C14H20N2O. The number of carbonyl (C=O) groups excluding carboxylic acids is 1. The maximum Gasteiger partial charge on any atom is 0.224 e. The topological polar surface area (TPSA) is 55.1 Å². The summed E-state index contributed by atoms with van der Waals surface area (Å²) in [7, 11) is 0. The van der Waals surface area contributed by atoms with E-state index in [1.54, 1.807) is 0 Å². The van der Waals surface area contributed by atoms with Gasteiger partial charge in [-0.15, -0.1) is 0 Å². The molecule has 0 saturated carbocycles. The lowest BCUT2D eigenvalue weighted by molar-refractivity contribution is -0.129. The Kier molecular flexibility index (Phi) is 3.48. The maximum atomic E-state index is 11.8. The average molecular weight is 232 g/mol. The highest BCUT2D eigenvalue weighted by molar-refractivity contribution is 5.81. The standard InChI is InChI=1S/C14H20N2O/c1-11-3-2-4-12(9-11)10-14(13(15)17)5-7-16-8-6-14/h2-4,9,16H,5-8,10H2,1H3,(H2,15,17). The summed E-state index contributed by atoms with van der Waals surface area (Å²) in [6, 6.07) is 8.34. The Morgan fingerprint density at radius 2 is 2.12 bits per heavy atom. The molecule has 1 fully saturated rings. The highest BCUT2D eigenvalue weighted by Gasteiger charge is 2.37. The second-order valence-corrected chi connectivity index (χ2v) is 5.06. The minimum atomic E-state index is -0.348. The van der Waals surface area contributed by atoms with Crippen LogP contribution in [0.3, 0.4) is 0 Å². The van der Waals surface area contributed by atoms with Crippen LogP contribution in [-0.2, 0) is 11.2 Å². The molecule has 1 aliphatic rings. The predicted molar refractivity (Wildman–Crippen MR) is 68.6 cm³/mol. The van der Waals surface area contributed by atoms with Crippen LogP contribution in [0.1, 0.15) is 24.0 Å². The van der Waals surface area contributed by atoms with Gasteiger partial charge in [0.15, 0.2) is 0 Å². The Balaban J connectivity index is 2.20. The number of benzene rings is 1. The van der Waals surface area contributed by atoms with E-state index >= 15 is 0 Å². The van der Waals surface area contributed by atoms with Crippen LogP contribution in [0.5, 0.6) is 0 Å². The van der Waals surface area contributed by atoms with E-state index in [4.69, 9.17) is 5.73 Å². The SMILES string of the molecule is Cc1cccc(CC2(C(N)=O)CCNCC2)c1. The number of nitrogens with one attached hydrogen (secondary N) is 1. The molecule has 3 nitrogen and oxygen atoms in total. The van der Waals surface area contributed by atoms with Gasteiger partial charge in [0.25, 0.3) is 0 Å². The molecule has 92 valence electrons. The van der Waals surface area contributed by atoms with Crippen molar-refractivity contribution in [1.29, 1.82) is 0 Å². The zero-order valence-electron chi connectivity index (χ0n) is 10.3. The summed E-state index contributed by atoms with van der Waals surface area (Å²) < 4.78 is 0. The molecule has 2 rings (SSSR count). The van der Waals surface area contributed by atoms with Crippen LogP contribution in [-0.4, -0.2) is 19.0 Å². The molecular weight excluding hydrogens is 212 g/mol. The molecule has 1 heterocycles. The van der Waals surface area contributed by atoms with E-state index in [2.05, 4.69) is 30.4 Å². The quantitative estimate of drug-likeness (QED) is 0.827. The lowest BCUT2D eigenvalue weighted by atomic mass is 9.73. The summed E-state index contributed by atoms with van der Waals surface area (Å²) in [5.74, 6) is -0.152. The van der Waals surface area contributed by atoms with E-state index in [1.807, 2.05) is 6.07 Å². The lowest BCUT2D eigenvalue weighted by Gasteiger charge is -2.34. The number of nitrogens with two attached hydrogens (primary N) is 1. The highest BCUT2D eigenvalue weighted by Crippen LogP contribution is 2.32. The van der Waals surface area contributed by atoms with Gasteiger partial charge in [-0.25, -0.2) is 0 Å². The third kappa shape index (κ3) is 2.67. The highest BCUT2D eigenvalue weighted by atomic mass is 16.1. The third-order valence-electron chi connectivity index (χ3n) is 3.71. The van der Waals surface area contributed by atoms with Crippen molar-refractivity contribution in [3.63, 3.8) is 0 Å². The number of amides is 1. The molecule has 3 heteroatoms. The molecule has 0 spiro atoms. The normalized spacial score (nSPS) is 18.9. The van der Waals surface area contributed by atoms with Crippen LogP contribution in [0, 0.1) is 12.3 Å². The molecule has 0 unspecified atom stereocenters. The van der Waals surface area contributed by atoms with E-state index in [9.17, 15) is 4.79 Å². The Hall–Kier alpha value is -1.35. The molecule has 17 heavy (non-hydrogen) atoms. The fourth-order valence-corrected chi connectivity index (χ4v) is 2.63. The smallest absolute Gasteiger partial charge is 0.224 e. The maximum absolute atomic E-state index is 11.8. The van der Waals surface area contributed by atoms with Crippen LogP contribution >= 0.6 is 0 Å². The number of hydrogen-bond acceptors (Lipinski definition) is 2. The van der Waals surface area contributed by atoms with Crippen molar-refractivity contribution >= 4 is 5.91 Å². The van der Waals surface area contributed by atoms with Crippen LogP contribution in [0.2, 0.25) is 0 Å². The van der Waals surface area contributed by atoms with E-state index < -0.39 is 0 Å². The van der Waals surface area contributed by atoms with Crippen LogP contribution < -0.4 is 11.1 Å². The first-order valence-corrected chi connectivity index (χ1v) is 6.19. The predicted octanol–water partition coefficient (Wildman–Crippen LogP) is 1.39. The van der Waals surface area contributed by atoms with Crippen molar-refractivity contribution in [1.82, 2.24) is 5.32 Å². The van der Waals surface area contributed by atoms with Gasteiger partial charge in [-0.05, 0) is 44.8 Å². The third-order valence-corrected chi connectivity index (χ3v) is 3.71. The van der Waals surface area contributed by atoms with Gasteiger partial charge in [0, 0.05) is 0 Å². The van der Waals surface area contributed by atoms with Gasteiger partial charge < -0.3 is 11.1 Å². The van der Waals surface area contributed by atoms with Gasteiger partial charge in [-0.1, -0.05) is 29.8 Å². The number of primary amides is 1. The zero-order chi connectivity index (χ0) is 12.3. The fraction of sp³-hybridized carbons (Fsp3) is 0.500. The first-order valence-electron chi connectivity index (χ1n) is 6.19. The molecule has 1 aliphatic heterocycles. The Morgan fingerprint density at radius 1 is 1.41 bits per heavy atom. The van der Waals surface area contributed by atoms with Crippen molar-refractivity contribution in [2.24, 2.45) is 11.1 Å². The Morgan fingerprint density at radius 3 is 2.71 bits per heavy atom. The minimum Gasteiger partial charge on any atom is -0.369 e. The number of rotatable bonds is 3. The molecule has 1 saturated heterocycles. The average Bonchev–Trinajstić information content (AvgIpc) is 2.30.